The summed E-state index contributed by atoms with van der Waals surface area (Å²) in [5.41, 5.74) is 1.41. The van der Waals surface area contributed by atoms with Gasteiger partial charge in [-0.05, 0) is 34.7 Å². The molecule has 24 heavy (non-hydrogen) atoms. The maximum atomic E-state index is 3.66. The Kier molecular flexibility index (Phi) is 8.95. The molecule has 0 nitrogen and oxygen atoms in total. The first kappa shape index (κ1) is 19.0. The van der Waals surface area contributed by atoms with Gasteiger partial charge in [0.15, 0.2) is 0 Å². The Labute approximate surface area is 149 Å². The molecule has 0 aromatic heterocycles. The van der Waals surface area contributed by atoms with Crippen LogP contribution in [-0.2, 0) is 6.42 Å². The molecule has 2 aromatic carbocycles. The Morgan fingerprint density at radius 1 is 0.750 bits per heavy atom. The first-order valence-corrected chi connectivity index (χ1v) is 10.2. The van der Waals surface area contributed by atoms with Gasteiger partial charge in [-0.1, -0.05) is 114 Å². The average Bonchev–Trinajstić information content (AvgIpc) is 2.61. The maximum absolute atomic E-state index is 3.66. The van der Waals surface area contributed by atoms with E-state index < -0.39 is 0 Å². The predicted octanol–water partition coefficient (Wildman–Crippen LogP) is 7.74. The van der Waals surface area contributed by atoms with E-state index in [1.165, 1.54) is 87.0 Å². The van der Waals surface area contributed by atoms with Gasteiger partial charge in [0.25, 0.3) is 0 Å². The van der Waals surface area contributed by atoms with E-state index in [0.29, 0.717) is 0 Å². The van der Waals surface area contributed by atoms with E-state index in [1.54, 1.807) is 0 Å². The van der Waals surface area contributed by atoms with Crippen molar-refractivity contribution < 1.29 is 0 Å². The van der Waals surface area contributed by atoms with Crippen LogP contribution in [0.25, 0.3) is 10.8 Å². The highest BCUT2D eigenvalue weighted by Crippen LogP contribution is 2.24. The van der Waals surface area contributed by atoms with Crippen LogP contribution in [0.15, 0.2) is 36.4 Å². The van der Waals surface area contributed by atoms with Gasteiger partial charge in [-0.25, -0.2) is 0 Å². The highest BCUT2D eigenvalue weighted by atomic mass is 14.2. The first-order valence-electron chi connectivity index (χ1n) is 10.2. The van der Waals surface area contributed by atoms with Crippen molar-refractivity contribution in [2.45, 2.75) is 84.5 Å². The van der Waals surface area contributed by atoms with Crippen LogP contribution in [-0.4, -0.2) is 0 Å². The normalized spacial score (nSPS) is 12.6. The summed E-state index contributed by atoms with van der Waals surface area (Å²) < 4.78 is 0. The lowest BCUT2D eigenvalue weighted by molar-refractivity contribution is 0.405. The van der Waals surface area contributed by atoms with Crippen molar-refractivity contribution in [3.63, 3.8) is 0 Å². The highest BCUT2D eigenvalue weighted by Gasteiger charge is 2.10. The Morgan fingerprint density at radius 2 is 1.42 bits per heavy atom. The molecule has 0 heterocycles. The fourth-order valence-corrected chi connectivity index (χ4v) is 3.66. The lowest BCUT2D eigenvalue weighted by Gasteiger charge is -2.17. The van der Waals surface area contributed by atoms with Gasteiger partial charge in [-0.2, -0.15) is 0 Å². The van der Waals surface area contributed by atoms with Crippen molar-refractivity contribution in [1.82, 2.24) is 0 Å². The molecule has 0 aliphatic carbocycles. The van der Waals surface area contributed by atoms with E-state index in [-0.39, 0.29) is 0 Å². The van der Waals surface area contributed by atoms with Gasteiger partial charge < -0.3 is 0 Å². The molecule has 0 aliphatic heterocycles. The third-order valence-corrected chi connectivity index (χ3v) is 5.16. The average molecular weight is 324 g/mol. The SMILES string of the molecule is CCCCCCCC(CCCCC)Cc1[c]c2ccccc2cc1. The molecule has 131 valence electrons. The second-order valence-electron chi connectivity index (χ2n) is 7.34. The standard InChI is InChI=1S/C24H35/c1-3-5-7-8-10-14-21(13-9-6-4-2)19-22-17-18-23-15-11-12-16-24(23)20-22/h11-12,15-18,21H,3-10,13-14,19H2,1-2H3. The molecular formula is C24H35. The number of benzene rings is 2. The Morgan fingerprint density at radius 3 is 2.21 bits per heavy atom. The molecule has 0 amide bonds. The van der Waals surface area contributed by atoms with Crippen LogP contribution in [0.1, 0.15) is 83.6 Å². The van der Waals surface area contributed by atoms with E-state index in [1.807, 2.05) is 0 Å². The van der Waals surface area contributed by atoms with Crippen LogP contribution < -0.4 is 0 Å². The van der Waals surface area contributed by atoms with Crippen molar-refractivity contribution in [1.29, 1.82) is 0 Å². The van der Waals surface area contributed by atoms with E-state index in [0.717, 1.165) is 5.92 Å². The number of hydrogen-bond donors (Lipinski definition) is 0. The lowest BCUT2D eigenvalue weighted by atomic mass is 9.88. The van der Waals surface area contributed by atoms with Crippen LogP contribution in [0.2, 0.25) is 0 Å². The van der Waals surface area contributed by atoms with Gasteiger partial charge in [-0.3, -0.25) is 0 Å². The van der Waals surface area contributed by atoms with Crippen LogP contribution in [0, 0.1) is 12.0 Å². The Balaban J connectivity index is 1.91. The van der Waals surface area contributed by atoms with Gasteiger partial charge in [0, 0.05) is 0 Å². The van der Waals surface area contributed by atoms with Crippen LogP contribution >= 0.6 is 0 Å². The van der Waals surface area contributed by atoms with Crippen LogP contribution in [0.5, 0.6) is 0 Å². The minimum Gasteiger partial charge on any atom is -0.0654 e. The van der Waals surface area contributed by atoms with E-state index in [2.05, 4.69) is 56.3 Å². The highest BCUT2D eigenvalue weighted by molar-refractivity contribution is 5.82. The molecule has 0 saturated carbocycles. The van der Waals surface area contributed by atoms with Gasteiger partial charge in [0.05, 0.1) is 0 Å². The number of hydrogen-bond acceptors (Lipinski definition) is 0. The van der Waals surface area contributed by atoms with Crippen molar-refractivity contribution in [3.8, 4) is 0 Å². The molecule has 0 aliphatic rings. The topological polar surface area (TPSA) is 0 Å². The van der Waals surface area contributed by atoms with Crippen LogP contribution in [0.4, 0.5) is 0 Å². The van der Waals surface area contributed by atoms with Gasteiger partial charge in [-0.15, -0.1) is 0 Å². The van der Waals surface area contributed by atoms with E-state index in [4.69, 9.17) is 0 Å². The lowest BCUT2D eigenvalue weighted by Crippen LogP contribution is -2.05. The van der Waals surface area contributed by atoms with Crippen molar-refractivity contribution in [2.24, 2.45) is 5.92 Å². The molecule has 1 radical (unpaired) electrons. The summed E-state index contributed by atoms with van der Waals surface area (Å²) in [6.45, 7) is 4.60. The fourth-order valence-electron chi connectivity index (χ4n) is 3.66. The minimum atomic E-state index is 0.843. The predicted molar refractivity (Wildman–Crippen MR) is 107 cm³/mol. The zero-order valence-corrected chi connectivity index (χ0v) is 15.8. The van der Waals surface area contributed by atoms with Gasteiger partial charge >= 0.3 is 0 Å². The third-order valence-electron chi connectivity index (χ3n) is 5.16. The molecule has 0 fully saturated rings. The molecule has 0 N–H and O–H groups in total. The Bertz CT molecular complexity index is 569. The molecule has 0 bridgehead atoms. The summed E-state index contributed by atoms with van der Waals surface area (Å²) in [7, 11) is 0. The molecular weight excluding hydrogens is 288 g/mol. The van der Waals surface area contributed by atoms with Crippen molar-refractivity contribution in [2.75, 3.05) is 0 Å². The fraction of sp³-hybridized carbons (Fsp3) is 0.583. The molecule has 0 spiro atoms. The third kappa shape index (κ3) is 6.67. The molecule has 0 saturated heterocycles. The zero-order chi connectivity index (χ0) is 17.0. The smallest absolute Gasteiger partial charge is 0.00642 e. The van der Waals surface area contributed by atoms with Crippen LogP contribution in [0.3, 0.4) is 0 Å². The molecule has 1 atom stereocenters. The monoisotopic (exact) mass is 323 g/mol. The largest absolute Gasteiger partial charge is 0.0654 e. The maximum Gasteiger partial charge on any atom is -0.00642 e. The number of fused-ring (bicyclic) bond motifs is 1. The molecule has 2 rings (SSSR count). The van der Waals surface area contributed by atoms with Gasteiger partial charge in [0.1, 0.15) is 0 Å². The zero-order valence-electron chi connectivity index (χ0n) is 15.8. The molecule has 1 unspecified atom stereocenters. The summed E-state index contributed by atoms with van der Waals surface area (Å²) in [5, 5.41) is 2.58. The first-order chi connectivity index (χ1) is 11.8. The summed E-state index contributed by atoms with van der Waals surface area (Å²) in [6, 6.07) is 16.8. The molecule has 0 heteroatoms. The summed E-state index contributed by atoms with van der Waals surface area (Å²) in [6.07, 6.45) is 15.1. The van der Waals surface area contributed by atoms with E-state index >= 15 is 0 Å². The summed E-state index contributed by atoms with van der Waals surface area (Å²) >= 11 is 0. The summed E-state index contributed by atoms with van der Waals surface area (Å²) in [5.74, 6) is 0.843. The quantitative estimate of drug-likeness (QED) is 0.350. The van der Waals surface area contributed by atoms with E-state index in [9.17, 15) is 0 Å². The van der Waals surface area contributed by atoms with Crippen molar-refractivity contribution >= 4 is 10.8 Å². The number of unbranched alkanes of at least 4 members (excludes halogenated alkanes) is 6. The minimum absolute atomic E-state index is 0.843. The summed E-state index contributed by atoms with van der Waals surface area (Å²) in [4.78, 5) is 0. The number of rotatable bonds is 12. The second-order valence-corrected chi connectivity index (χ2v) is 7.34. The second kappa shape index (κ2) is 11.3. The van der Waals surface area contributed by atoms with Gasteiger partial charge in [0.2, 0.25) is 0 Å². The van der Waals surface area contributed by atoms with Crippen molar-refractivity contribution in [3.05, 3.63) is 48.0 Å². The molecule has 2 aromatic rings. The Hall–Kier alpha value is -1.30.